The molecule has 0 aromatic carbocycles. The Morgan fingerprint density at radius 2 is 0.900 bits per heavy atom. The van der Waals surface area contributed by atoms with Crippen LogP contribution < -0.4 is 0 Å². The predicted molar refractivity (Wildman–Crippen MR) is 87.0 cm³/mol. The normalized spacial score (nSPS) is 13.8. The summed E-state index contributed by atoms with van der Waals surface area (Å²) in [5.74, 6) is 0. The second-order valence-corrected chi connectivity index (χ2v) is 20.6. The second-order valence-electron chi connectivity index (χ2n) is 6.24. The first-order valence-corrected chi connectivity index (χ1v) is 14.6. The van der Waals surface area contributed by atoms with E-state index in [0.29, 0.717) is 12.1 Å². The predicted octanol–water partition coefficient (Wildman–Crippen LogP) is 2.77. The van der Waals surface area contributed by atoms with Gasteiger partial charge >= 0.3 is 134 Å². The average Bonchev–Trinajstić information content (AvgIpc) is 2.40. The van der Waals surface area contributed by atoms with E-state index in [1.54, 1.807) is 0 Å². The van der Waals surface area contributed by atoms with Crippen molar-refractivity contribution >= 4 is 0 Å². The maximum atomic E-state index is 2.84. The fraction of sp³-hybridized carbons (Fsp3) is 1.00. The summed E-state index contributed by atoms with van der Waals surface area (Å²) in [7, 11) is 6.99. The molecule has 0 N–H and O–H groups in total. The molecule has 0 amide bonds. The van der Waals surface area contributed by atoms with Gasteiger partial charge in [0.25, 0.3) is 0 Å². The van der Waals surface area contributed by atoms with Crippen LogP contribution in [0.25, 0.3) is 0 Å². The van der Waals surface area contributed by atoms with Crippen molar-refractivity contribution in [3.05, 3.63) is 0 Å². The molecule has 20 heavy (non-hydrogen) atoms. The second kappa shape index (κ2) is 8.99. The zero-order chi connectivity index (χ0) is 16.1. The Kier molecular flexibility index (Phi) is 9.31. The first-order valence-electron chi connectivity index (χ1n) is 8.13. The van der Waals surface area contributed by atoms with Gasteiger partial charge in [-0.25, -0.2) is 0 Å². The zero-order valence-corrected chi connectivity index (χ0v) is 19.2. The molecule has 0 spiro atoms. The van der Waals surface area contributed by atoms with E-state index >= 15 is 0 Å². The molecule has 0 saturated carbocycles. The van der Waals surface area contributed by atoms with E-state index in [0.717, 1.165) is 19.6 Å². The maximum absolute atomic E-state index is 3.14. The summed E-state index contributed by atoms with van der Waals surface area (Å²) in [5, 5.41) is 0. The molecule has 0 fully saturated rings. The standard InChI is InChI=1S/C6H14N.3C3H8N.Hf/c1-5(2)7-6(3)4;3*1-3-4-2;/h5-6H,1-4H3;3*3H2,1-2H3;/q4*-1;+4. The van der Waals surface area contributed by atoms with Gasteiger partial charge in [-0.05, 0) is 0 Å². The van der Waals surface area contributed by atoms with Crippen LogP contribution in [-0.4, -0.2) is 64.4 Å². The first kappa shape index (κ1) is 20.7. The Morgan fingerprint density at radius 3 is 1.05 bits per heavy atom. The summed E-state index contributed by atoms with van der Waals surface area (Å²) < 4.78 is 10.9. The van der Waals surface area contributed by atoms with Gasteiger partial charge in [0.1, 0.15) is 0 Å². The molecule has 0 bridgehead atoms. The van der Waals surface area contributed by atoms with E-state index in [1.165, 1.54) is 0 Å². The minimum atomic E-state index is -3.14. The van der Waals surface area contributed by atoms with Crippen LogP contribution in [-0.2, 0) is 21.1 Å². The van der Waals surface area contributed by atoms with E-state index in [-0.39, 0.29) is 0 Å². The van der Waals surface area contributed by atoms with Gasteiger partial charge in [0.15, 0.2) is 0 Å². The van der Waals surface area contributed by atoms with Crippen LogP contribution in [0.15, 0.2) is 0 Å². The monoisotopic (exact) mass is 454 g/mol. The molecule has 5 heteroatoms. The van der Waals surface area contributed by atoms with Crippen molar-refractivity contribution in [3.8, 4) is 0 Å². The van der Waals surface area contributed by atoms with Crippen LogP contribution >= 0.6 is 0 Å². The number of hydrogen-bond acceptors (Lipinski definition) is 4. The van der Waals surface area contributed by atoms with Crippen LogP contribution in [0.3, 0.4) is 0 Å². The minimum absolute atomic E-state index is 0.577. The SMILES string of the molecule is CC[N](C)[Hf]([N](C)CC)([N](C)CC)[N](C(C)C)C(C)C. The Morgan fingerprint density at radius 1 is 0.650 bits per heavy atom. The van der Waals surface area contributed by atoms with Gasteiger partial charge < -0.3 is 0 Å². The van der Waals surface area contributed by atoms with E-state index in [2.05, 4.69) is 81.2 Å². The zero-order valence-electron chi connectivity index (χ0n) is 15.6. The Hall–Kier alpha value is 0.710. The molecule has 0 radical (unpaired) electrons. The molecule has 0 aliphatic rings. The quantitative estimate of drug-likeness (QED) is 0.499. The first-order chi connectivity index (χ1) is 9.21. The number of hydrogen-bond donors (Lipinski definition) is 0. The molecule has 0 saturated heterocycles. The van der Waals surface area contributed by atoms with Crippen LogP contribution in [0.1, 0.15) is 48.5 Å². The van der Waals surface area contributed by atoms with E-state index in [9.17, 15) is 0 Å². The molecule has 122 valence electrons. The van der Waals surface area contributed by atoms with Gasteiger partial charge in [0.05, 0.1) is 0 Å². The van der Waals surface area contributed by atoms with Crippen LogP contribution in [0.5, 0.6) is 0 Å². The van der Waals surface area contributed by atoms with Gasteiger partial charge in [0.2, 0.25) is 0 Å². The Labute approximate surface area is 134 Å². The number of rotatable bonds is 9. The summed E-state index contributed by atoms with van der Waals surface area (Å²) in [6.45, 7) is 19.6. The van der Waals surface area contributed by atoms with E-state index in [1.807, 2.05) is 0 Å². The molecule has 4 nitrogen and oxygen atoms in total. The molecular formula is C15H38HfN4. The summed E-state index contributed by atoms with van der Waals surface area (Å²) >= 11 is -3.14. The van der Waals surface area contributed by atoms with Crippen LogP contribution in [0, 0.1) is 0 Å². The molecule has 0 aromatic rings. The van der Waals surface area contributed by atoms with Crippen molar-refractivity contribution in [1.29, 1.82) is 0 Å². The van der Waals surface area contributed by atoms with Gasteiger partial charge in [-0.1, -0.05) is 0 Å². The van der Waals surface area contributed by atoms with Crippen LogP contribution in [0.2, 0.25) is 0 Å². The van der Waals surface area contributed by atoms with Gasteiger partial charge in [-0.2, -0.15) is 0 Å². The molecule has 0 heterocycles. The van der Waals surface area contributed by atoms with Crippen molar-refractivity contribution in [3.63, 3.8) is 0 Å². The summed E-state index contributed by atoms with van der Waals surface area (Å²) in [4.78, 5) is 0. The fourth-order valence-electron chi connectivity index (χ4n) is 3.39. The summed E-state index contributed by atoms with van der Waals surface area (Å²) in [5.41, 5.74) is 0. The van der Waals surface area contributed by atoms with Crippen molar-refractivity contribution < 1.29 is 21.1 Å². The third-order valence-corrected chi connectivity index (χ3v) is 25.1. The van der Waals surface area contributed by atoms with Crippen LogP contribution in [0.4, 0.5) is 0 Å². The summed E-state index contributed by atoms with van der Waals surface area (Å²) in [6.07, 6.45) is 0. The molecule has 0 unspecified atom stereocenters. The van der Waals surface area contributed by atoms with Crippen molar-refractivity contribution in [2.75, 3.05) is 40.8 Å². The molecular weight excluding hydrogens is 415 g/mol. The van der Waals surface area contributed by atoms with E-state index < -0.39 is 21.1 Å². The van der Waals surface area contributed by atoms with Crippen molar-refractivity contribution in [2.45, 2.75) is 60.5 Å². The van der Waals surface area contributed by atoms with Crippen molar-refractivity contribution in [2.24, 2.45) is 0 Å². The average molecular weight is 453 g/mol. The Bertz CT molecular complexity index is 236. The van der Waals surface area contributed by atoms with Gasteiger partial charge in [-0.3, -0.25) is 0 Å². The van der Waals surface area contributed by atoms with Gasteiger partial charge in [-0.15, -0.1) is 0 Å². The molecule has 0 atom stereocenters. The molecule has 0 aliphatic carbocycles. The molecule has 0 aliphatic heterocycles. The number of nitrogens with zero attached hydrogens (tertiary/aromatic N) is 4. The summed E-state index contributed by atoms with van der Waals surface area (Å²) in [6, 6.07) is 1.15. The molecule has 0 rings (SSSR count). The van der Waals surface area contributed by atoms with Crippen molar-refractivity contribution in [1.82, 2.24) is 11.6 Å². The third kappa shape index (κ3) is 3.92. The molecule has 0 aromatic heterocycles. The van der Waals surface area contributed by atoms with E-state index in [4.69, 9.17) is 0 Å². The third-order valence-electron chi connectivity index (χ3n) is 4.42. The fourth-order valence-corrected chi connectivity index (χ4v) is 23.5. The topological polar surface area (TPSA) is 13.0 Å². The Balaban J connectivity index is 6.07. The van der Waals surface area contributed by atoms with Gasteiger partial charge in [0, 0.05) is 0 Å².